The van der Waals surface area contributed by atoms with Crippen LogP contribution in [0.2, 0.25) is 0 Å². The first-order chi connectivity index (χ1) is 12.0. The molecule has 0 aliphatic carbocycles. The van der Waals surface area contributed by atoms with Crippen molar-refractivity contribution in [3.63, 3.8) is 0 Å². The van der Waals surface area contributed by atoms with Gasteiger partial charge in [0.05, 0.1) is 5.75 Å². The quantitative estimate of drug-likeness (QED) is 0.676. The van der Waals surface area contributed by atoms with Crippen LogP contribution in [-0.4, -0.2) is 31.3 Å². The summed E-state index contributed by atoms with van der Waals surface area (Å²) >= 11 is 1.43. The number of halogens is 1. The van der Waals surface area contributed by atoms with Crippen LogP contribution in [0.1, 0.15) is 39.5 Å². The molecule has 1 aromatic carbocycles. The Bertz CT molecular complexity index is 889. The Labute approximate surface area is 149 Å². The molecular formula is C18H19FN4OS. The number of benzene rings is 1. The van der Waals surface area contributed by atoms with E-state index in [1.54, 1.807) is 12.1 Å². The van der Waals surface area contributed by atoms with Crippen molar-refractivity contribution < 1.29 is 9.18 Å². The summed E-state index contributed by atoms with van der Waals surface area (Å²) in [5, 5.41) is 6.57. The molecule has 2 heterocycles. The van der Waals surface area contributed by atoms with Gasteiger partial charge < -0.3 is 0 Å². The zero-order chi connectivity index (χ0) is 18.0. The molecule has 0 saturated carbocycles. The van der Waals surface area contributed by atoms with Crippen molar-refractivity contribution in [2.24, 2.45) is 0 Å². The molecule has 2 aromatic heterocycles. The van der Waals surface area contributed by atoms with Gasteiger partial charge in [0.1, 0.15) is 12.1 Å². The van der Waals surface area contributed by atoms with Gasteiger partial charge in [-0.1, -0.05) is 18.2 Å². The van der Waals surface area contributed by atoms with Crippen molar-refractivity contribution in [1.82, 2.24) is 19.7 Å². The molecule has 5 nitrogen and oxygen atoms in total. The van der Waals surface area contributed by atoms with Gasteiger partial charge in [0, 0.05) is 27.8 Å². The zero-order valence-electron chi connectivity index (χ0n) is 14.3. The Morgan fingerprint density at radius 3 is 2.80 bits per heavy atom. The number of hydrogen-bond donors (Lipinski definition) is 1. The van der Waals surface area contributed by atoms with E-state index in [9.17, 15) is 9.18 Å². The Morgan fingerprint density at radius 2 is 2.12 bits per heavy atom. The highest BCUT2D eigenvalue weighted by molar-refractivity contribution is 8.00. The number of ketones is 1. The summed E-state index contributed by atoms with van der Waals surface area (Å²) in [4.78, 5) is 16.8. The number of rotatable bonds is 6. The Hall–Kier alpha value is -2.41. The van der Waals surface area contributed by atoms with Gasteiger partial charge in [-0.25, -0.2) is 9.49 Å². The van der Waals surface area contributed by atoms with E-state index in [2.05, 4.69) is 15.2 Å². The van der Waals surface area contributed by atoms with E-state index in [0.29, 0.717) is 17.1 Å². The van der Waals surface area contributed by atoms with Gasteiger partial charge in [0.25, 0.3) is 0 Å². The van der Waals surface area contributed by atoms with Gasteiger partial charge in [-0.15, -0.1) is 11.8 Å². The molecule has 1 unspecified atom stereocenters. The van der Waals surface area contributed by atoms with Crippen LogP contribution in [0.15, 0.2) is 36.7 Å². The summed E-state index contributed by atoms with van der Waals surface area (Å²) in [6.45, 7) is 5.71. The van der Waals surface area contributed by atoms with E-state index in [0.717, 1.165) is 11.4 Å². The number of nitrogens with one attached hydrogen (secondary N) is 1. The highest BCUT2D eigenvalue weighted by Gasteiger charge is 2.19. The third-order valence-electron chi connectivity index (χ3n) is 4.15. The summed E-state index contributed by atoms with van der Waals surface area (Å²) in [5.41, 5.74) is 3.00. The van der Waals surface area contributed by atoms with Crippen LogP contribution in [0, 0.1) is 19.7 Å². The first-order valence-electron chi connectivity index (χ1n) is 7.93. The topological polar surface area (TPSA) is 63.6 Å². The minimum absolute atomic E-state index is 0.0204. The summed E-state index contributed by atoms with van der Waals surface area (Å²) in [7, 11) is 0. The first kappa shape index (κ1) is 17.4. The van der Waals surface area contributed by atoms with E-state index in [1.807, 2.05) is 37.5 Å². The minimum Gasteiger partial charge on any atom is -0.293 e. The third kappa shape index (κ3) is 3.51. The molecule has 25 heavy (non-hydrogen) atoms. The van der Waals surface area contributed by atoms with Crippen LogP contribution in [0.3, 0.4) is 0 Å². The number of aromatic amines is 1. The monoisotopic (exact) mass is 358 g/mol. The maximum absolute atomic E-state index is 13.8. The Balaban J connectivity index is 1.74. The average Bonchev–Trinajstić information content (AvgIpc) is 3.20. The normalized spacial score (nSPS) is 12.3. The van der Waals surface area contributed by atoms with E-state index in [1.165, 1.54) is 24.2 Å². The van der Waals surface area contributed by atoms with Gasteiger partial charge in [-0.05, 0) is 32.9 Å². The highest BCUT2D eigenvalue weighted by Crippen LogP contribution is 2.31. The van der Waals surface area contributed by atoms with Crippen molar-refractivity contribution in [1.29, 1.82) is 0 Å². The molecule has 130 valence electrons. The second-order valence-corrected chi connectivity index (χ2v) is 7.16. The maximum atomic E-state index is 13.8. The van der Waals surface area contributed by atoms with Crippen LogP contribution in [-0.2, 0) is 0 Å². The predicted octanol–water partition coefficient (Wildman–Crippen LogP) is 4.03. The summed E-state index contributed by atoms with van der Waals surface area (Å²) in [5.74, 6) is 0.655. The number of Topliss-reactive ketones (excluding diaryl/α,β-unsaturated/α-hetero) is 1. The fourth-order valence-corrected chi connectivity index (χ4v) is 3.78. The molecule has 0 aliphatic heterocycles. The lowest BCUT2D eigenvalue weighted by Gasteiger charge is -2.12. The molecule has 1 atom stereocenters. The number of aryl methyl sites for hydroxylation is 1. The van der Waals surface area contributed by atoms with E-state index in [-0.39, 0.29) is 22.6 Å². The SMILES string of the molecule is Cc1cc(C(=O)CSC(C)c2ccccc2F)c(C)n1-c1ncn[nH]1. The number of carbonyl (C=O) groups excluding carboxylic acids is 1. The van der Waals surface area contributed by atoms with Gasteiger partial charge in [-0.3, -0.25) is 9.36 Å². The van der Waals surface area contributed by atoms with Crippen LogP contribution < -0.4 is 0 Å². The fraction of sp³-hybridized carbons (Fsp3) is 0.278. The molecule has 0 fully saturated rings. The predicted molar refractivity (Wildman–Crippen MR) is 96.8 cm³/mol. The standard InChI is InChI=1S/C18H19FN4OS/c1-11-8-15(12(2)23(11)18-20-10-21-22-18)17(24)9-25-13(3)14-6-4-5-7-16(14)19/h4-8,10,13H,9H2,1-3H3,(H,20,21,22). The van der Waals surface area contributed by atoms with Crippen LogP contribution in [0.25, 0.3) is 5.95 Å². The lowest BCUT2D eigenvalue weighted by molar-refractivity contribution is 0.102. The Morgan fingerprint density at radius 1 is 1.36 bits per heavy atom. The van der Waals surface area contributed by atoms with Crippen molar-refractivity contribution >= 4 is 17.5 Å². The molecular weight excluding hydrogens is 339 g/mol. The summed E-state index contributed by atoms with van der Waals surface area (Å²) in [6.07, 6.45) is 1.43. The van der Waals surface area contributed by atoms with Crippen molar-refractivity contribution in [3.05, 3.63) is 65.0 Å². The first-order valence-corrected chi connectivity index (χ1v) is 8.97. The van der Waals surface area contributed by atoms with Crippen molar-refractivity contribution in [2.75, 3.05) is 5.75 Å². The van der Waals surface area contributed by atoms with Gasteiger partial charge in [-0.2, -0.15) is 10.1 Å². The summed E-state index contributed by atoms with van der Waals surface area (Å²) in [6, 6.07) is 8.53. The molecule has 0 aliphatic rings. The molecule has 0 amide bonds. The van der Waals surface area contributed by atoms with Crippen molar-refractivity contribution in [3.8, 4) is 5.95 Å². The molecule has 0 spiro atoms. The molecule has 3 rings (SSSR count). The smallest absolute Gasteiger partial charge is 0.229 e. The summed E-state index contributed by atoms with van der Waals surface area (Å²) < 4.78 is 15.7. The minimum atomic E-state index is -0.238. The zero-order valence-corrected chi connectivity index (χ0v) is 15.1. The maximum Gasteiger partial charge on any atom is 0.229 e. The van der Waals surface area contributed by atoms with Crippen molar-refractivity contribution in [2.45, 2.75) is 26.0 Å². The third-order valence-corrected chi connectivity index (χ3v) is 5.34. The molecule has 1 N–H and O–H groups in total. The van der Waals surface area contributed by atoms with E-state index >= 15 is 0 Å². The number of H-pyrrole nitrogens is 1. The Kier molecular flexibility index (Phi) is 5.03. The second kappa shape index (κ2) is 7.23. The average molecular weight is 358 g/mol. The van der Waals surface area contributed by atoms with Crippen LogP contribution in [0.5, 0.6) is 0 Å². The molecule has 0 radical (unpaired) electrons. The fourth-order valence-electron chi connectivity index (χ4n) is 2.85. The highest BCUT2D eigenvalue weighted by atomic mass is 32.2. The lowest BCUT2D eigenvalue weighted by Crippen LogP contribution is -2.07. The van der Waals surface area contributed by atoms with Crippen LogP contribution in [0.4, 0.5) is 4.39 Å². The largest absolute Gasteiger partial charge is 0.293 e. The lowest BCUT2D eigenvalue weighted by atomic mass is 10.1. The van der Waals surface area contributed by atoms with Gasteiger partial charge >= 0.3 is 0 Å². The van der Waals surface area contributed by atoms with Gasteiger partial charge in [0.2, 0.25) is 5.95 Å². The number of aromatic nitrogens is 4. The van der Waals surface area contributed by atoms with E-state index in [4.69, 9.17) is 0 Å². The second-order valence-electron chi connectivity index (χ2n) is 5.83. The molecule has 3 aromatic rings. The molecule has 0 saturated heterocycles. The number of carbonyl (C=O) groups is 1. The molecule has 0 bridgehead atoms. The van der Waals surface area contributed by atoms with E-state index < -0.39 is 0 Å². The number of hydrogen-bond acceptors (Lipinski definition) is 4. The van der Waals surface area contributed by atoms with Gasteiger partial charge in [0.15, 0.2) is 5.78 Å². The number of nitrogens with zero attached hydrogens (tertiary/aromatic N) is 3. The molecule has 7 heteroatoms. The van der Waals surface area contributed by atoms with Crippen LogP contribution >= 0.6 is 11.8 Å². The number of thioether (sulfide) groups is 1.